The first-order chi connectivity index (χ1) is 13.4. The quantitative estimate of drug-likeness (QED) is 0.457. The van der Waals surface area contributed by atoms with Gasteiger partial charge in [0.25, 0.3) is 11.1 Å². The third-order valence-electron chi connectivity index (χ3n) is 5.47. The molecule has 0 aromatic carbocycles. The molecular formula is C20H31N3O4S. The Kier molecular flexibility index (Phi) is 7.42. The third kappa shape index (κ3) is 5.99. The zero-order valence-electron chi connectivity index (χ0n) is 16.6. The summed E-state index contributed by atoms with van der Waals surface area (Å²) in [6.45, 7) is 5.20. The number of unbranched alkanes of at least 4 members (excludes halogenated alkanes) is 1. The molecule has 2 aliphatic rings. The highest BCUT2D eigenvalue weighted by Gasteiger charge is 2.52. The molecule has 0 aliphatic heterocycles. The van der Waals surface area contributed by atoms with Crippen LogP contribution in [0.3, 0.4) is 0 Å². The monoisotopic (exact) mass is 409 g/mol. The summed E-state index contributed by atoms with van der Waals surface area (Å²) in [4.78, 5) is 28.6. The van der Waals surface area contributed by atoms with Gasteiger partial charge in [-0.15, -0.1) is 0 Å². The number of ether oxygens (including phenoxy) is 1. The van der Waals surface area contributed by atoms with Crippen LogP contribution in [0, 0.1) is 17.8 Å². The topological polar surface area (TPSA) is 101 Å². The Morgan fingerprint density at radius 3 is 2.96 bits per heavy atom. The second-order valence-corrected chi connectivity index (χ2v) is 9.20. The number of Topliss-reactive ketones (excluding diaryl/α,β-unsaturated/α-hetero) is 1. The minimum absolute atomic E-state index is 0.135. The first-order valence-electron chi connectivity index (χ1n) is 10.2. The Hall–Kier alpha value is -1.51. The number of nitrogens with zero attached hydrogens (tertiary/aromatic N) is 1. The fraction of sp³-hybridized carbons (Fsp3) is 0.750. The number of ketones is 1. The lowest BCUT2D eigenvalue weighted by atomic mass is 9.95. The molecule has 4 unspecified atom stereocenters. The second kappa shape index (κ2) is 9.80. The number of aliphatic hydroxyl groups is 1. The molecule has 0 saturated heterocycles. The molecule has 0 radical (unpaired) electrons. The van der Waals surface area contributed by atoms with Gasteiger partial charge < -0.3 is 20.5 Å². The number of carbonyl (C=O) groups excluding carboxylic acids is 2. The Morgan fingerprint density at radius 2 is 2.25 bits per heavy atom. The molecule has 2 saturated carbocycles. The van der Waals surface area contributed by atoms with Crippen molar-refractivity contribution < 1.29 is 19.4 Å². The summed E-state index contributed by atoms with van der Waals surface area (Å²) in [5.41, 5.74) is 0. The first-order valence-corrected chi connectivity index (χ1v) is 11.1. The predicted molar refractivity (Wildman–Crippen MR) is 108 cm³/mol. The molecule has 1 aromatic rings. The zero-order chi connectivity index (χ0) is 20.1. The third-order valence-corrected chi connectivity index (χ3v) is 6.38. The van der Waals surface area contributed by atoms with E-state index >= 15 is 0 Å². The van der Waals surface area contributed by atoms with Gasteiger partial charge in [0.15, 0.2) is 0 Å². The number of aromatic nitrogens is 1. The lowest BCUT2D eigenvalue weighted by molar-refractivity contribution is -0.121. The summed E-state index contributed by atoms with van der Waals surface area (Å²) in [7, 11) is 0. The highest BCUT2D eigenvalue weighted by molar-refractivity contribution is 7.15. The number of carbonyl (C=O) groups is 2. The predicted octanol–water partition coefficient (Wildman–Crippen LogP) is 2.01. The minimum atomic E-state index is -0.624. The van der Waals surface area contributed by atoms with E-state index in [0.717, 1.165) is 25.7 Å². The standard InChI is InChI=1S/C20H31N3O4S/c1-12(2)22-9-14(24)11-27-20-23-10-18(28-20)19(26)21-6-4-3-5-15-16-7-13(16)8-17(15)25/h10,12-16,22,24H,3-9,11H2,1-2H3,(H,21,26). The highest BCUT2D eigenvalue weighted by atomic mass is 32.1. The first kappa shape index (κ1) is 21.2. The molecule has 0 spiro atoms. The normalized spacial score (nSPS) is 24.3. The van der Waals surface area contributed by atoms with Crippen LogP contribution < -0.4 is 15.4 Å². The van der Waals surface area contributed by atoms with Crippen molar-refractivity contribution in [2.45, 2.75) is 58.1 Å². The van der Waals surface area contributed by atoms with Crippen molar-refractivity contribution in [3.05, 3.63) is 11.1 Å². The lowest BCUT2D eigenvalue weighted by Crippen LogP contribution is -2.35. The maximum Gasteiger partial charge on any atom is 0.273 e. The average Bonchev–Trinajstić information content (AvgIpc) is 3.11. The molecule has 28 heavy (non-hydrogen) atoms. The van der Waals surface area contributed by atoms with Crippen LogP contribution in [0.2, 0.25) is 0 Å². The van der Waals surface area contributed by atoms with E-state index in [4.69, 9.17) is 4.74 Å². The van der Waals surface area contributed by atoms with Gasteiger partial charge in [0, 0.05) is 31.5 Å². The maximum absolute atomic E-state index is 12.2. The number of rotatable bonds is 12. The van der Waals surface area contributed by atoms with E-state index in [0.29, 0.717) is 46.8 Å². The van der Waals surface area contributed by atoms with Crippen LogP contribution in [0.15, 0.2) is 6.20 Å². The lowest BCUT2D eigenvalue weighted by Gasteiger charge is -2.13. The molecule has 4 atom stereocenters. The molecule has 1 aromatic heterocycles. The number of fused-ring (bicyclic) bond motifs is 1. The fourth-order valence-electron chi connectivity index (χ4n) is 3.83. The summed E-state index contributed by atoms with van der Waals surface area (Å²) in [5, 5.41) is 16.3. The van der Waals surface area contributed by atoms with Crippen LogP contribution in [-0.2, 0) is 4.79 Å². The Morgan fingerprint density at radius 1 is 1.43 bits per heavy atom. The zero-order valence-corrected chi connectivity index (χ0v) is 17.5. The van der Waals surface area contributed by atoms with Gasteiger partial charge in [-0.05, 0) is 31.1 Å². The van der Waals surface area contributed by atoms with Gasteiger partial charge in [-0.25, -0.2) is 4.98 Å². The molecule has 8 heteroatoms. The van der Waals surface area contributed by atoms with Crippen LogP contribution in [-0.4, -0.2) is 53.6 Å². The smallest absolute Gasteiger partial charge is 0.273 e. The van der Waals surface area contributed by atoms with Gasteiger partial charge in [-0.2, -0.15) is 0 Å². The molecule has 2 fully saturated rings. The summed E-state index contributed by atoms with van der Waals surface area (Å²) in [6.07, 6.45) is 5.73. The minimum Gasteiger partial charge on any atom is -0.467 e. The van der Waals surface area contributed by atoms with Crippen molar-refractivity contribution in [2.24, 2.45) is 17.8 Å². The summed E-state index contributed by atoms with van der Waals surface area (Å²) in [5.74, 6) is 1.93. The van der Waals surface area contributed by atoms with Crippen LogP contribution in [0.5, 0.6) is 5.19 Å². The van der Waals surface area contributed by atoms with E-state index in [1.165, 1.54) is 24.0 Å². The Labute approximate surface area is 170 Å². The number of aliphatic hydroxyl groups excluding tert-OH is 1. The second-order valence-electron chi connectivity index (χ2n) is 8.21. The molecule has 1 heterocycles. The van der Waals surface area contributed by atoms with Gasteiger partial charge in [0.05, 0.1) is 6.20 Å². The van der Waals surface area contributed by atoms with E-state index in [-0.39, 0.29) is 18.4 Å². The van der Waals surface area contributed by atoms with Crippen molar-refractivity contribution in [1.29, 1.82) is 0 Å². The van der Waals surface area contributed by atoms with Crippen molar-refractivity contribution in [3.8, 4) is 5.19 Å². The average molecular weight is 410 g/mol. The molecule has 0 bridgehead atoms. The van der Waals surface area contributed by atoms with Crippen LogP contribution in [0.1, 0.15) is 55.6 Å². The summed E-state index contributed by atoms with van der Waals surface area (Å²) in [6, 6.07) is 0.300. The molecule has 2 aliphatic carbocycles. The van der Waals surface area contributed by atoms with E-state index in [1.807, 2.05) is 13.8 Å². The number of hydrogen-bond donors (Lipinski definition) is 3. The summed E-state index contributed by atoms with van der Waals surface area (Å²) >= 11 is 1.18. The molecule has 1 amide bonds. The molecular weight excluding hydrogens is 378 g/mol. The van der Waals surface area contributed by atoms with Gasteiger partial charge in [-0.1, -0.05) is 31.6 Å². The number of amides is 1. The number of hydrogen-bond acceptors (Lipinski definition) is 7. The van der Waals surface area contributed by atoms with Crippen molar-refractivity contribution in [2.75, 3.05) is 19.7 Å². The van der Waals surface area contributed by atoms with Gasteiger partial charge in [0.1, 0.15) is 23.4 Å². The van der Waals surface area contributed by atoms with Crippen LogP contribution in [0.4, 0.5) is 0 Å². The van der Waals surface area contributed by atoms with E-state index in [1.54, 1.807) is 0 Å². The van der Waals surface area contributed by atoms with Crippen LogP contribution in [0.25, 0.3) is 0 Å². The largest absolute Gasteiger partial charge is 0.467 e. The van der Waals surface area contributed by atoms with Crippen molar-refractivity contribution in [3.63, 3.8) is 0 Å². The molecule has 3 rings (SSSR count). The SMILES string of the molecule is CC(C)NCC(O)COc1ncc(C(=O)NCCCCC2C(=O)CC3CC32)s1. The Balaban J connectivity index is 1.29. The van der Waals surface area contributed by atoms with Gasteiger partial charge in [-0.3, -0.25) is 9.59 Å². The van der Waals surface area contributed by atoms with E-state index in [2.05, 4.69) is 15.6 Å². The van der Waals surface area contributed by atoms with E-state index < -0.39 is 6.10 Å². The van der Waals surface area contributed by atoms with Gasteiger partial charge >= 0.3 is 0 Å². The molecule has 156 valence electrons. The molecule has 7 nitrogen and oxygen atoms in total. The van der Waals surface area contributed by atoms with Crippen molar-refractivity contribution >= 4 is 23.0 Å². The van der Waals surface area contributed by atoms with E-state index in [9.17, 15) is 14.7 Å². The highest BCUT2D eigenvalue weighted by Crippen LogP contribution is 2.54. The maximum atomic E-state index is 12.2. The number of nitrogens with one attached hydrogen (secondary N) is 2. The number of thiazole rings is 1. The van der Waals surface area contributed by atoms with Crippen LogP contribution >= 0.6 is 11.3 Å². The summed E-state index contributed by atoms with van der Waals surface area (Å²) < 4.78 is 5.46. The van der Waals surface area contributed by atoms with Gasteiger partial charge in [0.2, 0.25) is 0 Å². The van der Waals surface area contributed by atoms with Crippen molar-refractivity contribution in [1.82, 2.24) is 15.6 Å². The fourth-order valence-corrected chi connectivity index (χ4v) is 4.52. The molecule has 3 N–H and O–H groups in total. The Bertz CT molecular complexity index is 678.